The summed E-state index contributed by atoms with van der Waals surface area (Å²) in [5, 5.41) is 6.42. The Hall–Kier alpha value is -2.33. The van der Waals surface area contributed by atoms with Crippen molar-refractivity contribution in [2.24, 2.45) is 0 Å². The number of hydrogen-bond acceptors (Lipinski definition) is 2. The van der Waals surface area contributed by atoms with E-state index in [0.29, 0.717) is 30.0 Å². The van der Waals surface area contributed by atoms with Gasteiger partial charge in [0.2, 0.25) is 5.91 Å². The van der Waals surface area contributed by atoms with Crippen molar-refractivity contribution in [3.05, 3.63) is 70.7 Å². The molecule has 2 aromatic carbocycles. The largest absolute Gasteiger partial charge is 0.354 e. The molecular weight excluding hydrogens is 348 g/mol. The maximum Gasteiger partial charge on any atom is 0.251 e. The predicted molar refractivity (Wildman–Crippen MR) is 105 cm³/mol. The van der Waals surface area contributed by atoms with Crippen LogP contribution in [0.3, 0.4) is 0 Å². The Labute approximate surface area is 159 Å². The molecule has 0 spiro atoms. The third-order valence-corrected chi connectivity index (χ3v) is 4.34. The fourth-order valence-corrected chi connectivity index (χ4v) is 2.73. The lowest BCUT2D eigenvalue weighted by molar-refractivity contribution is -0.121. The first-order valence-corrected chi connectivity index (χ1v) is 9.29. The number of halogens is 1. The van der Waals surface area contributed by atoms with Gasteiger partial charge in [-0.2, -0.15) is 0 Å². The fraction of sp³-hybridized carbons (Fsp3) is 0.333. The molecule has 0 fully saturated rings. The van der Waals surface area contributed by atoms with Gasteiger partial charge in [0.15, 0.2) is 0 Å². The summed E-state index contributed by atoms with van der Waals surface area (Å²) in [6, 6.07) is 17.1. The van der Waals surface area contributed by atoms with Gasteiger partial charge in [-0.1, -0.05) is 41.9 Å². The van der Waals surface area contributed by atoms with Crippen LogP contribution in [0.15, 0.2) is 54.6 Å². The van der Waals surface area contributed by atoms with Crippen molar-refractivity contribution < 1.29 is 9.59 Å². The van der Waals surface area contributed by atoms with E-state index < -0.39 is 0 Å². The van der Waals surface area contributed by atoms with E-state index in [2.05, 4.69) is 22.8 Å². The van der Waals surface area contributed by atoms with Crippen molar-refractivity contribution in [2.45, 2.75) is 38.6 Å². The van der Waals surface area contributed by atoms with Crippen molar-refractivity contribution in [1.82, 2.24) is 10.6 Å². The van der Waals surface area contributed by atoms with Crippen LogP contribution in [-0.4, -0.2) is 24.4 Å². The third kappa shape index (κ3) is 7.28. The molecule has 2 aromatic rings. The molecule has 0 radical (unpaired) electrons. The highest BCUT2D eigenvalue weighted by atomic mass is 35.5. The van der Waals surface area contributed by atoms with Gasteiger partial charge in [-0.05, 0) is 56.0 Å². The van der Waals surface area contributed by atoms with E-state index in [1.54, 1.807) is 24.3 Å². The summed E-state index contributed by atoms with van der Waals surface area (Å²) in [6.45, 7) is 2.48. The molecule has 0 heterocycles. The minimum Gasteiger partial charge on any atom is -0.354 e. The first-order chi connectivity index (χ1) is 12.5. The van der Waals surface area contributed by atoms with Crippen LogP contribution in [0.2, 0.25) is 5.02 Å². The maximum absolute atomic E-state index is 12.0. The number of carbonyl (C=O) groups excluding carboxylic acids is 2. The van der Waals surface area contributed by atoms with Gasteiger partial charge >= 0.3 is 0 Å². The van der Waals surface area contributed by atoms with Crippen LogP contribution < -0.4 is 10.6 Å². The van der Waals surface area contributed by atoms with E-state index in [-0.39, 0.29) is 17.9 Å². The summed E-state index contributed by atoms with van der Waals surface area (Å²) < 4.78 is 0. The number of nitrogens with one attached hydrogen (secondary N) is 2. The Morgan fingerprint density at radius 2 is 1.73 bits per heavy atom. The molecule has 1 unspecified atom stereocenters. The third-order valence-electron chi connectivity index (χ3n) is 4.09. The van der Waals surface area contributed by atoms with Crippen LogP contribution in [0.5, 0.6) is 0 Å². The van der Waals surface area contributed by atoms with Crippen molar-refractivity contribution in [2.75, 3.05) is 6.54 Å². The van der Waals surface area contributed by atoms with Gasteiger partial charge in [0.05, 0.1) is 0 Å². The Morgan fingerprint density at radius 3 is 2.42 bits per heavy atom. The molecule has 2 N–H and O–H groups in total. The number of rotatable bonds is 9. The standard InChI is InChI=1S/C21H25ClN2O2/c1-16(9-10-17-6-3-2-4-7-17)24-20(25)8-5-15-23-21(26)18-11-13-19(22)14-12-18/h2-4,6-7,11-14,16H,5,8-10,15H2,1H3,(H,23,26)(H,24,25). The molecule has 4 nitrogen and oxygen atoms in total. The second-order valence-corrected chi connectivity index (χ2v) is 6.80. The van der Waals surface area contributed by atoms with E-state index in [0.717, 1.165) is 12.8 Å². The molecule has 0 saturated heterocycles. The molecule has 0 aromatic heterocycles. The molecule has 0 bridgehead atoms. The van der Waals surface area contributed by atoms with Crippen LogP contribution in [-0.2, 0) is 11.2 Å². The monoisotopic (exact) mass is 372 g/mol. The lowest BCUT2D eigenvalue weighted by atomic mass is 10.1. The Bertz CT molecular complexity index is 702. The zero-order chi connectivity index (χ0) is 18.8. The average molecular weight is 373 g/mol. The summed E-state index contributed by atoms with van der Waals surface area (Å²) in [5.41, 5.74) is 1.84. The lowest BCUT2D eigenvalue weighted by Crippen LogP contribution is -2.33. The summed E-state index contributed by atoms with van der Waals surface area (Å²) in [4.78, 5) is 23.9. The van der Waals surface area contributed by atoms with Crippen molar-refractivity contribution in [3.63, 3.8) is 0 Å². The van der Waals surface area contributed by atoms with E-state index in [1.165, 1.54) is 5.56 Å². The van der Waals surface area contributed by atoms with Crippen LogP contribution in [0, 0.1) is 0 Å². The molecule has 138 valence electrons. The highest BCUT2D eigenvalue weighted by molar-refractivity contribution is 6.30. The predicted octanol–water partition coefficient (Wildman–Crippen LogP) is 3.99. The highest BCUT2D eigenvalue weighted by Crippen LogP contribution is 2.09. The van der Waals surface area contributed by atoms with Gasteiger partial charge in [0, 0.05) is 29.6 Å². The quantitative estimate of drug-likeness (QED) is 0.654. The molecule has 0 aliphatic heterocycles. The zero-order valence-corrected chi connectivity index (χ0v) is 15.8. The molecule has 2 rings (SSSR count). The zero-order valence-electron chi connectivity index (χ0n) is 15.0. The van der Waals surface area contributed by atoms with Crippen molar-refractivity contribution in [1.29, 1.82) is 0 Å². The minimum atomic E-state index is -0.154. The summed E-state index contributed by atoms with van der Waals surface area (Å²) in [7, 11) is 0. The van der Waals surface area contributed by atoms with Crippen LogP contribution >= 0.6 is 11.6 Å². The second-order valence-electron chi connectivity index (χ2n) is 6.36. The average Bonchev–Trinajstić information content (AvgIpc) is 2.65. The molecule has 0 aliphatic carbocycles. The first kappa shape index (κ1) is 20.0. The molecule has 2 amide bonds. The van der Waals surface area contributed by atoms with Crippen LogP contribution in [0.1, 0.15) is 42.1 Å². The van der Waals surface area contributed by atoms with E-state index in [9.17, 15) is 9.59 Å². The van der Waals surface area contributed by atoms with Gasteiger partial charge in [-0.25, -0.2) is 0 Å². The number of carbonyl (C=O) groups is 2. The molecule has 5 heteroatoms. The summed E-state index contributed by atoms with van der Waals surface area (Å²) in [5.74, 6) is -0.135. The SMILES string of the molecule is CC(CCc1ccccc1)NC(=O)CCCNC(=O)c1ccc(Cl)cc1. The highest BCUT2D eigenvalue weighted by Gasteiger charge is 2.08. The normalized spacial score (nSPS) is 11.6. The molecule has 1 atom stereocenters. The fourth-order valence-electron chi connectivity index (χ4n) is 2.60. The van der Waals surface area contributed by atoms with Gasteiger partial charge in [0.1, 0.15) is 0 Å². The smallest absolute Gasteiger partial charge is 0.251 e. The molecule has 26 heavy (non-hydrogen) atoms. The molecule has 0 aliphatic rings. The topological polar surface area (TPSA) is 58.2 Å². The number of amides is 2. The Morgan fingerprint density at radius 1 is 1.04 bits per heavy atom. The van der Waals surface area contributed by atoms with E-state index in [4.69, 9.17) is 11.6 Å². The van der Waals surface area contributed by atoms with Crippen molar-refractivity contribution in [3.8, 4) is 0 Å². The lowest BCUT2D eigenvalue weighted by Gasteiger charge is -2.14. The van der Waals surface area contributed by atoms with Gasteiger partial charge in [-0.3, -0.25) is 9.59 Å². The summed E-state index contributed by atoms with van der Waals surface area (Å²) in [6.07, 6.45) is 2.86. The van der Waals surface area contributed by atoms with Crippen LogP contribution in [0.25, 0.3) is 0 Å². The van der Waals surface area contributed by atoms with Gasteiger partial charge in [-0.15, -0.1) is 0 Å². The van der Waals surface area contributed by atoms with Crippen LogP contribution in [0.4, 0.5) is 0 Å². The molecule has 0 saturated carbocycles. The van der Waals surface area contributed by atoms with E-state index >= 15 is 0 Å². The first-order valence-electron chi connectivity index (χ1n) is 8.91. The van der Waals surface area contributed by atoms with E-state index in [1.807, 2.05) is 25.1 Å². The second kappa shape index (κ2) is 10.6. The molecular formula is C21H25ClN2O2. The Kier molecular flexibility index (Phi) is 8.16. The summed E-state index contributed by atoms with van der Waals surface area (Å²) >= 11 is 5.80. The maximum atomic E-state index is 12.0. The van der Waals surface area contributed by atoms with Gasteiger partial charge < -0.3 is 10.6 Å². The number of hydrogen-bond donors (Lipinski definition) is 2. The van der Waals surface area contributed by atoms with Gasteiger partial charge in [0.25, 0.3) is 5.91 Å². The minimum absolute atomic E-state index is 0.0197. The van der Waals surface area contributed by atoms with Crippen molar-refractivity contribution >= 4 is 23.4 Å². The number of benzene rings is 2. The Balaban J connectivity index is 1.59. The number of aryl methyl sites for hydroxylation is 1.